The zero-order valence-corrected chi connectivity index (χ0v) is 49.4. The first-order chi connectivity index (χ1) is 39.9. The third kappa shape index (κ3) is 13.8. The zero-order chi connectivity index (χ0) is 57.3. The van der Waals surface area contributed by atoms with Crippen molar-refractivity contribution in [2.75, 3.05) is 51.0 Å². The minimum atomic E-state index is -1.08. The van der Waals surface area contributed by atoms with Crippen LogP contribution >= 0.6 is 21.6 Å². The van der Waals surface area contributed by atoms with E-state index in [1.54, 1.807) is 28.5 Å². The van der Waals surface area contributed by atoms with Crippen molar-refractivity contribution in [2.24, 2.45) is 52.6 Å². The van der Waals surface area contributed by atoms with Gasteiger partial charge in [0.15, 0.2) is 11.5 Å². The number of hydrogen-bond acceptors (Lipinski definition) is 14. The SMILES string of the molecule is CC[C@H]1Cc2cc(O)c(O[C@H]3C[C@@H](Cc4ccc[nH]4)C4=CCNC(N)=C4CSSC[C@H](CO)[C@@H]3O)cc2[C@@H]2C[C@@H](O)[C@H]3[C@@H](OCCO)CC[C@H](NC[C@H](C)O)C[C@]4(C#C[C@H]3C=C12)C[C@H](c1ccccc1)[C@@H](Cc1ccccc1)C[C@H]4CO. The van der Waals surface area contributed by atoms with Gasteiger partial charge in [0.2, 0.25) is 0 Å². The van der Waals surface area contributed by atoms with Crippen LogP contribution in [0.3, 0.4) is 0 Å². The van der Waals surface area contributed by atoms with Gasteiger partial charge in [0, 0.05) is 90.4 Å². The summed E-state index contributed by atoms with van der Waals surface area (Å²) in [6, 6.07) is 29.2. The van der Waals surface area contributed by atoms with E-state index in [2.05, 4.69) is 113 Å². The summed E-state index contributed by atoms with van der Waals surface area (Å²) in [6.07, 6.45) is 9.69. The number of aromatic nitrogens is 1. The second-order valence-electron chi connectivity index (χ2n) is 24.4. The van der Waals surface area contributed by atoms with Crippen LogP contribution in [0.1, 0.15) is 105 Å². The van der Waals surface area contributed by atoms with E-state index in [1.807, 2.05) is 24.4 Å². The quantitative estimate of drug-likeness (QED) is 0.0289. The molecule has 10 rings (SSSR count). The van der Waals surface area contributed by atoms with Crippen molar-refractivity contribution in [1.29, 1.82) is 0 Å². The number of allylic oxidation sites excluding steroid dienone is 3. The molecule has 12 N–H and O–H groups in total. The molecule has 442 valence electrons. The van der Waals surface area contributed by atoms with Gasteiger partial charge in [-0.25, -0.2) is 0 Å². The summed E-state index contributed by atoms with van der Waals surface area (Å²) in [6.45, 7) is 4.60. The molecule has 0 unspecified atom stereocenters. The van der Waals surface area contributed by atoms with Crippen LogP contribution in [0.4, 0.5) is 0 Å². The van der Waals surface area contributed by atoms with Gasteiger partial charge in [-0.05, 0) is 159 Å². The van der Waals surface area contributed by atoms with E-state index in [1.165, 1.54) is 16.7 Å². The number of dihydropyridines is 1. The number of H-pyrrole nitrogens is 1. The first kappa shape index (κ1) is 60.4. The number of nitrogens with two attached hydrogens (primary N) is 1. The van der Waals surface area contributed by atoms with E-state index in [0.717, 1.165) is 53.7 Å². The summed E-state index contributed by atoms with van der Waals surface area (Å²) < 4.78 is 13.7. The number of rotatable bonds is 16. The van der Waals surface area contributed by atoms with E-state index < -0.39 is 53.7 Å². The third-order valence-electron chi connectivity index (χ3n) is 19.2. The van der Waals surface area contributed by atoms with Crippen LogP contribution in [-0.2, 0) is 24.0 Å². The van der Waals surface area contributed by atoms with Crippen LogP contribution in [-0.4, -0.2) is 128 Å². The smallest absolute Gasteiger partial charge is 0.161 e. The van der Waals surface area contributed by atoms with Crippen LogP contribution in [0, 0.1) is 58.7 Å². The summed E-state index contributed by atoms with van der Waals surface area (Å²) in [5.74, 6) is 8.43. The lowest BCUT2D eigenvalue weighted by molar-refractivity contribution is -0.0623. The molecule has 13 nitrogen and oxygen atoms in total. The Morgan fingerprint density at radius 2 is 1.70 bits per heavy atom. The maximum absolute atomic E-state index is 13.1. The molecule has 16 atom stereocenters. The van der Waals surface area contributed by atoms with Crippen LogP contribution in [0.2, 0.25) is 0 Å². The van der Waals surface area contributed by atoms with E-state index in [-0.39, 0.29) is 79.5 Å². The minimum absolute atomic E-state index is 0.0231. The largest absolute Gasteiger partial charge is 0.504 e. The number of aromatic amines is 1. The summed E-state index contributed by atoms with van der Waals surface area (Å²) in [4.78, 5) is 3.38. The Morgan fingerprint density at radius 1 is 0.890 bits per heavy atom. The number of ether oxygens (including phenoxy) is 2. The summed E-state index contributed by atoms with van der Waals surface area (Å²) >= 11 is 0. The van der Waals surface area contributed by atoms with E-state index in [9.17, 15) is 35.7 Å². The predicted octanol–water partition coefficient (Wildman–Crippen LogP) is 8.31. The number of fused-ring (bicyclic) bond motifs is 5. The molecule has 1 saturated carbocycles. The van der Waals surface area contributed by atoms with Gasteiger partial charge in [0.1, 0.15) is 11.9 Å². The van der Waals surface area contributed by atoms with E-state index in [0.29, 0.717) is 75.4 Å². The Labute approximate surface area is 493 Å². The second-order valence-corrected chi connectivity index (χ2v) is 26.9. The number of hydrogen-bond donors (Lipinski definition) is 11. The maximum atomic E-state index is 13.1. The van der Waals surface area contributed by atoms with Gasteiger partial charge in [-0.15, -0.1) is 0 Å². The van der Waals surface area contributed by atoms with Gasteiger partial charge in [-0.1, -0.05) is 119 Å². The molecule has 82 heavy (non-hydrogen) atoms. The lowest BCUT2D eigenvalue weighted by Gasteiger charge is -2.49. The van der Waals surface area contributed by atoms with Crippen molar-refractivity contribution < 1.29 is 45.2 Å². The molecule has 3 aromatic carbocycles. The van der Waals surface area contributed by atoms with Gasteiger partial charge < -0.3 is 66.6 Å². The standard InChI is InChI=1S/C67H88N4O9S2/c1-3-43-26-47-30-59(76)62(80-63-31-48(28-51-15-10-21-69-51)53-19-22-70-66(68)58(53)40-82-81-39-49(37-73)65(63)78)33-55(47)56-32-60(77)64-45(29-54(43)56)18-20-67(34-52(71-36-41(2)75)16-17-61(64)79-24-23-72)35-57(44-13-8-5-9-14-44)46(27-50(67)38-74)25-42-11-6-4-7-12-42/h4-15,19,21,29-30,33,41,43,45-46,48-50,52,56-57,60-61,63-65,69-78H,3,16-17,22-28,31-32,34-40,68H2,1-2H3/t41-,43-,45-,46-,48+,49-,50-,52-,56+,57+,60+,61-,63-,64-,65-,67+/m0/s1. The topological polar surface area (TPSA) is 226 Å². The first-order valence-electron chi connectivity index (χ1n) is 30.3. The molecule has 0 amide bonds. The molecule has 1 saturated heterocycles. The lowest BCUT2D eigenvalue weighted by atomic mass is 9.55. The molecule has 2 aliphatic heterocycles. The Hall–Kier alpha value is -4.70. The van der Waals surface area contributed by atoms with Crippen LogP contribution < -0.4 is 21.1 Å². The van der Waals surface area contributed by atoms with Gasteiger partial charge in [0.25, 0.3) is 0 Å². The van der Waals surface area contributed by atoms with Crippen molar-refractivity contribution in [3.8, 4) is 23.3 Å². The maximum Gasteiger partial charge on any atom is 0.161 e. The molecule has 3 heterocycles. The Bertz CT molecular complexity index is 2870. The monoisotopic (exact) mass is 1160 g/mol. The molecule has 1 aromatic heterocycles. The third-order valence-corrected chi connectivity index (χ3v) is 21.6. The molecule has 4 aliphatic carbocycles. The highest BCUT2D eigenvalue weighted by Gasteiger charge is 2.50. The fourth-order valence-corrected chi connectivity index (χ4v) is 17.5. The van der Waals surface area contributed by atoms with Crippen molar-refractivity contribution in [2.45, 2.75) is 133 Å². The van der Waals surface area contributed by atoms with Gasteiger partial charge in [-0.2, -0.15) is 0 Å². The molecule has 6 aliphatic rings. The number of benzene rings is 3. The first-order valence-corrected chi connectivity index (χ1v) is 32.7. The fraction of sp³-hybridized carbons (Fsp3) is 0.552. The average Bonchev–Trinajstić information content (AvgIpc) is 3.80. The number of aliphatic hydroxyl groups is 6. The zero-order valence-electron chi connectivity index (χ0n) is 47.8. The highest BCUT2D eigenvalue weighted by atomic mass is 33.1. The van der Waals surface area contributed by atoms with E-state index in [4.69, 9.17) is 15.2 Å². The molecule has 4 aromatic rings. The predicted molar refractivity (Wildman–Crippen MR) is 327 cm³/mol. The molecular formula is C67H88N4O9S2. The van der Waals surface area contributed by atoms with Crippen LogP contribution in [0.15, 0.2) is 126 Å². The van der Waals surface area contributed by atoms with Crippen molar-refractivity contribution in [3.05, 3.63) is 154 Å². The van der Waals surface area contributed by atoms with E-state index >= 15 is 0 Å². The Morgan fingerprint density at radius 3 is 2.43 bits per heavy atom. The Balaban J connectivity index is 1.06. The van der Waals surface area contributed by atoms with Crippen molar-refractivity contribution in [1.82, 2.24) is 15.6 Å². The number of nitrogens with one attached hydrogen (secondary N) is 3. The molecular weight excluding hydrogens is 1070 g/mol. The molecule has 1 spiro atoms. The Kier molecular flexibility index (Phi) is 20.6. The number of aliphatic hydroxyl groups excluding tert-OH is 6. The number of phenolic OH excluding ortho intramolecular Hbond substituents is 1. The molecule has 2 fully saturated rings. The number of aromatic hydroxyl groups is 1. The fourth-order valence-electron chi connectivity index (χ4n) is 15.0. The number of phenols is 1. The lowest BCUT2D eigenvalue weighted by Crippen LogP contribution is -2.48. The van der Waals surface area contributed by atoms with Crippen molar-refractivity contribution in [3.63, 3.8) is 0 Å². The molecule has 0 radical (unpaired) electrons. The minimum Gasteiger partial charge on any atom is -0.504 e. The normalized spacial score (nSPS) is 32.8. The molecule has 15 heteroatoms. The van der Waals surface area contributed by atoms with Crippen molar-refractivity contribution >= 4 is 21.6 Å². The summed E-state index contributed by atoms with van der Waals surface area (Å²) in [7, 11) is 3.25. The van der Waals surface area contributed by atoms with Crippen LogP contribution in [0.5, 0.6) is 11.5 Å². The average molecular weight is 1160 g/mol. The summed E-state index contributed by atoms with van der Waals surface area (Å²) in [5.41, 5.74) is 14.9. The second kappa shape index (κ2) is 28.0. The van der Waals surface area contributed by atoms with Gasteiger partial charge in [0.05, 0.1) is 37.6 Å². The van der Waals surface area contributed by atoms with Crippen LogP contribution in [0.25, 0.3) is 0 Å². The highest BCUT2D eigenvalue weighted by molar-refractivity contribution is 8.76. The van der Waals surface area contributed by atoms with Gasteiger partial charge >= 0.3 is 0 Å². The highest BCUT2D eigenvalue weighted by Crippen LogP contribution is 2.56. The summed E-state index contributed by atoms with van der Waals surface area (Å²) in [5, 5.41) is 88.2. The van der Waals surface area contributed by atoms with Gasteiger partial charge in [-0.3, -0.25) is 0 Å². The molecule has 0 bridgehead atoms.